The Hall–Kier alpha value is -2.71. The molecule has 0 saturated heterocycles. The summed E-state index contributed by atoms with van der Waals surface area (Å²) in [7, 11) is 1.54. The summed E-state index contributed by atoms with van der Waals surface area (Å²) in [6, 6.07) is 5.08. The van der Waals surface area contributed by atoms with Gasteiger partial charge in [-0.25, -0.2) is 9.50 Å². The van der Waals surface area contributed by atoms with Crippen molar-refractivity contribution in [1.29, 1.82) is 0 Å². The molecule has 0 aliphatic carbocycles. The fourth-order valence-electron chi connectivity index (χ4n) is 2.93. The summed E-state index contributed by atoms with van der Waals surface area (Å²) in [6.45, 7) is 4.09. The second kappa shape index (κ2) is 7.89. The number of methoxy groups -OCH3 is 1. The molecule has 1 amide bonds. The van der Waals surface area contributed by atoms with Crippen LogP contribution in [0.4, 0.5) is 5.69 Å². The van der Waals surface area contributed by atoms with Crippen LogP contribution in [0.2, 0.25) is 5.02 Å². The Morgan fingerprint density at radius 1 is 1.33 bits per heavy atom. The molecule has 3 N–H and O–H groups in total. The zero-order chi connectivity index (χ0) is 19.6. The van der Waals surface area contributed by atoms with Crippen LogP contribution < -0.4 is 15.8 Å². The van der Waals surface area contributed by atoms with Crippen LogP contribution in [-0.4, -0.2) is 32.6 Å². The number of rotatable bonds is 6. The Morgan fingerprint density at radius 2 is 2.11 bits per heavy atom. The standard InChI is InChI=1S/C18H21ClN6O2/c1-10-13(11(2)25-18(21-10)23-16(9-20)24-25)5-7-17(26)22-14-8-12(19)4-6-15(14)27-3/h4,6,8H,5,7,9,20H2,1-3H3,(H,22,26). The largest absolute Gasteiger partial charge is 0.495 e. The molecular weight excluding hydrogens is 368 g/mol. The fourth-order valence-corrected chi connectivity index (χ4v) is 3.10. The zero-order valence-corrected chi connectivity index (χ0v) is 16.2. The van der Waals surface area contributed by atoms with Crippen molar-refractivity contribution in [2.24, 2.45) is 5.73 Å². The fraction of sp³-hybridized carbons (Fsp3) is 0.333. The molecule has 0 fully saturated rings. The van der Waals surface area contributed by atoms with Gasteiger partial charge in [0.1, 0.15) is 5.75 Å². The molecule has 3 aromatic rings. The van der Waals surface area contributed by atoms with Crippen LogP contribution >= 0.6 is 11.6 Å². The molecule has 1 aromatic carbocycles. The van der Waals surface area contributed by atoms with Gasteiger partial charge >= 0.3 is 0 Å². The minimum Gasteiger partial charge on any atom is -0.495 e. The Morgan fingerprint density at radius 3 is 2.81 bits per heavy atom. The summed E-state index contributed by atoms with van der Waals surface area (Å²) in [5.41, 5.74) is 8.84. The first kappa shape index (κ1) is 19.1. The van der Waals surface area contributed by atoms with E-state index < -0.39 is 0 Å². The number of halogens is 1. The van der Waals surface area contributed by atoms with E-state index in [0.717, 1.165) is 17.0 Å². The second-order valence-corrected chi connectivity index (χ2v) is 6.53. The van der Waals surface area contributed by atoms with Gasteiger partial charge in [-0.1, -0.05) is 11.6 Å². The van der Waals surface area contributed by atoms with Gasteiger partial charge in [0, 0.05) is 22.8 Å². The van der Waals surface area contributed by atoms with Crippen molar-refractivity contribution in [3.05, 3.63) is 46.0 Å². The van der Waals surface area contributed by atoms with E-state index in [0.29, 0.717) is 34.5 Å². The molecule has 0 aliphatic heterocycles. The summed E-state index contributed by atoms with van der Waals surface area (Å²) < 4.78 is 6.92. The molecule has 9 heteroatoms. The molecule has 0 unspecified atom stereocenters. The number of ether oxygens (including phenoxy) is 1. The molecule has 0 atom stereocenters. The van der Waals surface area contributed by atoms with Crippen molar-refractivity contribution in [3.63, 3.8) is 0 Å². The van der Waals surface area contributed by atoms with E-state index in [1.165, 1.54) is 0 Å². The quantitative estimate of drug-likeness (QED) is 0.671. The lowest BCUT2D eigenvalue weighted by molar-refractivity contribution is -0.116. The first-order valence-corrected chi connectivity index (χ1v) is 8.86. The van der Waals surface area contributed by atoms with Gasteiger partial charge in [-0.05, 0) is 44.0 Å². The van der Waals surface area contributed by atoms with Gasteiger partial charge in [-0.2, -0.15) is 4.98 Å². The number of nitrogens with zero attached hydrogens (tertiary/aromatic N) is 4. The minimum absolute atomic E-state index is 0.143. The molecule has 8 nitrogen and oxygen atoms in total. The molecule has 0 bridgehead atoms. The van der Waals surface area contributed by atoms with Crippen LogP contribution in [0, 0.1) is 13.8 Å². The smallest absolute Gasteiger partial charge is 0.252 e. The van der Waals surface area contributed by atoms with Gasteiger partial charge in [-0.15, -0.1) is 5.10 Å². The highest BCUT2D eigenvalue weighted by molar-refractivity contribution is 6.31. The summed E-state index contributed by atoms with van der Waals surface area (Å²) in [5.74, 6) is 1.46. The Labute approximate surface area is 161 Å². The molecule has 0 radical (unpaired) electrons. The predicted molar refractivity (Wildman–Crippen MR) is 103 cm³/mol. The molecule has 27 heavy (non-hydrogen) atoms. The maximum absolute atomic E-state index is 12.4. The summed E-state index contributed by atoms with van der Waals surface area (Å²) in [6.07, 6.45) is 0.802. The third-order valence-electron chi connectivity index (χ3n) is 4.31. The number of anilines is 1. The van der Waals surface area contributed by atoms with Gasteiger partial charge in [0.15, 0.2) is 5.82 Å². The zero-order valence-electron chi connectivity index (χ0n) is 15.4. The van der Waals surface area contributed by atoms with Crippen LogP contribution in [0.5, 0.6) is 5.75 Å². The van der Waals surface area contributed by atoms with Crippen molar-refractivity contribution in [3.8, 4) is 5.75 Å². The molecule has 0 saturated carbocycles. The van der Waals surface area contributed by atoms with E-state index in [2.05, 4.69) is 20.4 Å². The minimum atomic E-state index is -0.143. The summed E-state index contributed by atoms with van der Waals surface area (Å²) >= 11 is 6.00. The normalized spacial score (nSPS) is 11.0. The van der Waals surface area contributed by atoms with Crippen molar-refractivity contribution in [1.82, 2.24) is 19.6 Å². The lowest BCUT2D eigenvalue weighted by Gasteiger charge is -2.12. The van der Waals surface area contributed by atoms with Crippen LogP contribution in [-0.2, 0) is 17.8 Å². The van der Waals surface area contributed by atoms with Gasteiger partial charge in [0.2, 0.25) is 5.91 Å². The average molecular weight is 389 g/mol. The third-order valence-corrected chi connectivity index (χ3v) is 4.55. The molecule has 0 aliphatic rings. The van der Waals surface area contributed by atoms with E-state index in [9.17, 15) is 4.79 Å². The monoisotopic (exact) mass is 388 g/mol. The third kappa shape index (κ3) is 4.01. The maximum atomic E-state index is 12.4. The molecular formula is C18H21ClN6O2. The van der Waals surface area contributed by atoms with E-state index >= 15 is 0 Å². The molecule has 2 heterocycles. The molecule has 3 rings (SSSR count). The number of hydrogen-bond acceptors (Lipinski definition) is 6. The SMILES string of the molecule is COc1ccc(Cl)cc1NC(=O)CCc1c(C)nc2nc(CN)nn2c1C. The highest BCUT2D eigenvalue weighted by Crippen LogP contribution is 2.28. The number of nitrogens with two attached hydrogens (primary N) is 1. The number of hydrogen-bond donors (Lipinski definition) is 2. The van der Waals surface area contributed by atoms with Crippen LogP contribution in [0.1, 0.15) is 29.2 Å². The van der Waals surface area contributed by atoms with Crippen molar-refractivity contribution >= 4 is 29.0 Å². The number of nitrogens with one attached hydrogen (secondary N) is 1. The van der Waals surface area contributed by atoms with E-state index in [-0.39, 0.29) is 18.9 Å². The van der Waals surface area contributed by atoms with Gasteiger partial charge in [0.25, 0.3) is 5.78 Å². The number of carbonyl (C=O) groups excluding carboxylic acids is 1. The van der Waals surface area contributed by atoms with Crippen LogP contribution in [0.25, 0.3) is 5.78 Å². The number of carbonyl (C=O) groups is 1. The van der Waals surface area contributed by atoms with Crippen LogP contribution in [0.15, 0.2) is 18.2 Å². The highest BCUT2D eigenvalue weighted by atomic mass is 35.5. The van der Waals surface area contributed by atoms with E-state index in [1.54, 1.807) is 29.8 Å². The number of benzene rings is 1. The number of aryl methyl sites for hydroxylation is 2. The number of amides is 1. The summed E-state index contributed by atoms with van der Waals surface area (Å²) in [5, 5.41) is 7.71. The molecule has 0 spiro atoms. The van der Waals surface area contributed by atoms with Gasteiger partial charge < -0.3 is 15.8 Å². The van der Waals surface area contributed by atoms with Crippen molar-refractivity contribution in [2.45, 2.75) is 33.2 Å². The lowest BCUT2D eigenvalue weighted by atomic mass is 10.1. The second-order valence-electron chi connectivity index (χ2n) is 6.10. The average Bonchev–Trinajstić information content (AvgIpc) is 3.05. The first-order valence-electron chi connectivity index (χ1n) is 8.48. The van der Waals surface area contributed by atoms with E-state index in [4.69, 9.17) is 22.1 Å². The molecule has 2 aromatic heterocycles. The van der Waals surface area contributed by atoms with Gasteiger partial charge in [-0.3, -0.25) is 4.79 Å². The Kier molecular flexibility index (Phi) is 5.57. The maximum Gasteiger partial charge on any atom is 0.252 e. The number of fused-ring (bicyclic) bond motifs is 1. The van der Waals surface area contributed by atoms with Gasteiger partial charge in [0.05, 0.1) is 19.3 Å². The van der Waals surface area contributed by atoms with Crippen molar-refractivity contribution in [2.75, 3.05) is 12.4 Å². The summed E-state index contributed by atoms with van der Waals surface area (Å²) in [4.78, 5) is 21.2. The first-order chi connectivity index (χ1) is 12.9. The van der Waals surface area contributed by atoms with Crippen LogP contribution in [0.3, 0.4) is 0 Å². The predicted octanol–water partition coefficient (Wildman–Crippen LogP) is 2.43. The Balaban J connectivity index is 1.76. The lowest BCUT2D eigenvalue weighted by Crippen LogP contribution is -2.15. The van der Waals surface area contributed by atoms with E-state index in [1.807, 2.05) is 13.8 Å². The molecule has 142 valence electrons. The van der Waals surface area contributed by atoms with Crippen molar-refractivity contribution < 1.29 is 9.53 Å². The highest BCUT2D eigenvalue weighted by Gasteiger charge is 2.15. The number of aromatic nitrogens is 4. The Bertz CT molecular complexity index is 1000. The topological polar surface area (TPSA) is 107 Å².